The van der Waals surface area contributed by atoms with Crippen LogP contribution in [0.3, 0.4) is 0 Å². The average Bonchev–Trinajstić information content (AvgIpc) is 2.53. The molecule has 1 rings (SSSR count). The van der Waals surface area contributed by atoms with Gasteiger partial charge in [-0.15, -0.1) is 0 Å². The average molecular weight is 256 g/mol. The minimum Gasteiger partial charge on any atom is -0.383 e. The predicted molar refractivity (Wildman–Crippen MR) is 73.3 cm³/mol. The molecule has 2 unspecified atom stereocenters. The van der Waals surface area contributed by atoms with Gasteiger partial charge in [0.2, 0.25) is 5.91 Å². The number of hydrogen-bond acceptors (Lipinski definition) is 3. The molecule has 4 heteroatoms. The normalized spacial score (nSPS) is 24.9. The molecule has 1 amide bonds. The number of carbonyl (C=O) groups excluding carboxylic acids is 1. The molecule has 1 aliphatic carbocycles. The summed E-state index contributed by atoms with van der Waals surface area (Å²) in [4.78, 5) is 14.5. The Labute approximate surface area is 111 Å². The van der Waals surface area contributed by atoms with E-state index in [1.165, 1.54) is 6.42 Å². The van der Waals surface area contributed by atoms with Crippen molar-refractivity contribution in [3.8, 4) is 0 Å². The second-order valence-corrected chi connectivity index (χ2v) is 5.53. The highest BCUT2D eigenvalue weighted by Gasteiger charge is 2.31. The molecule has 106 valence electrons. The second kappa shape index (κ2) is 7.74. The van der Waals surface area contributed by atoms with Crippen LogP contribution in [-0.4, -0.2) is 43.2 Å². The summed E-state index contributed by atoms with van der Waals surface area (Å²) in [5.74, 6) is 0.225. The van der Waals surface area contributed by atoms with E-state index in [2.05, 4.69) is 13.8 Å². The van der Waals surface area contributed by atoms with Gasteiger partial charge in [-0.3, -0.25) is 4.79 Å². The van der Waals surface area contributed by atoms with Crippen molar-refractivity contribution in [1.82, 2.24) is 4.90 Å². The van der Waals surface area contributed by atoms with E-state index in [0.717, 1.165) is 25.7 Å². The van der Waals surface area contributed by atoms with E-state index >= 15 is 0 Å². The van der Waals surface area contributed by atoms with Gasteiger partial charge in [0.05, 0.1) is 12.5 Å². The Balaban J connectivity index is 2.67. The molecule has 1 saturated carbocycles. The van der Waals surface area contributed by atoms with Crippen LogP contribution in [0, 0.1) is 5.92 Å². The third kappa shape index (κ3) is 4.25. The van der Waals surface area contributed by atoms with Crippen LogP contribution in [0.15, 0.2) is 0 Å². The van der Waals surface area contributed by atoms with Crippen molar-refractivity contribution in [3.05, 3.63) is 0 Å². The maximum Gasteiger partial charge on any atom is 0.227 e. The lowest BCUT2D eigenvalue weighted by atomic mass is 9.93. The molecule has 0 aromatic rings. The molecule has 0 aromatic heterocycles. The summed E-state index contributed by atoms with van der Waals surface area (Å²) in [6.07, 6.45) is 5.41. The van der Waals surface area contributed by atoms with Gasteiger partial charge in [-0.2, -0.15) is 0 Å². The molecule has 1 fully saturated rings. The van der Waals surface area contributed by atoms with E-state index in [4.69, 9.17) is 10.5 Å². The van der Waals surface area contributed by atoms with Gasteiger partial charge < -0.3 is 15.4 Å². The van der Waals surface area contributed by atoms with E-state index in [1.54, 1.807) is 7.11 Å². The lowest BCUT2D eigenvalue weighted by molar-refractivity contribution is -0.138. The van der Waals surface area contributed by atoms with Crippen LogP contribution in [0.4, 0.5) is 0 Å². The SMILES string of the molecule is COCCN(C(=O)C1CCCCCC1N)C(C)C. The number of carbonyl (C=O) groups is 1. The largest absolute Gasteiger partial charge is 0.383 e. The molecular formula is C14H28N2O2. The van der Waals surface area contributed by atoms with Crippen LogP contribution in [0.25, 0.3) is 0 Å². The monoisotopic (exact) mass is 256 g/mol. The van der Waals surface area contributed by atoms with Crippen LogP contribution in [-0.2, 0) is 9.53 Å². The molecule has 0 aliphatic heterocycles. The minimum absolute atomic E-state index is 0.00626. The van der Waals surface area contributed by atoms with Gasteiger partial charge in [-0.1, -0.05) is 19.3 Å². The highest BCUT2D eigenvalue weighted by molar-refractivity contribution is 5.79. The Bertz CT molecular complexity index is 256. The Kier molecular flexibility index (Phi) is 6.65. The van der Waals surface area contributed by atoms with Crippen LogP contribution in [0.1, 0.15) is 46.0 Å². The fraction of sp³-hybridized carbons (Fsp3) is 0.929. The van der Waals surface area contributed by atoms with Crippen molar-refractivity contribution in [3.63, 3.8) is 0 Å². The summed E-state index contributed by atoms with van der Waals surface area (Å²) < 4.78 is 5.09. The van der Waals surface area contributed by atoms with E-state index < -0.39 is 0 Å². The summed E-state index contributed by atoms with van der Waals surface area (Å²) >= 11 is 0. The number of ether oxygens (including phenoxy) is 1. The van der Waals surface area contributed by atoms with Gasteiger partial charge in [0.25, 0.3) is 0 Å². The zero-order valence-electron chi connectivity index (χ0n) is 12.0. The quantitative estimate of drug-likeness (QED) is 0.763. The van der Waals surface area contributed by atoms with Gasteiger partial charge in [-0.25, -0.2) is 0 Å². The Hall–Kier alpha value is -0.610. The molecule has 2 N–H and O–H groups in total. The summed E-state index contributed by atoms with van der Waals surface area (Å²) in [5, 5.41) is 0. The fourth-order valence-electron chi connectivity index (χ4n) is 2.67. The van der Waals surface area contributed by atoms with E-state index in [-0.39, 0.29) is 23.9 Å². The van der Waals surface area contributed by atoms with Crippen molar-refractivity contribution in [1.29, 1.82) is 0 Å². The standard InChI is InChI=1S/C14H28N2O2/c1-11(2)16(9-10-18-3)14(17)12-7-5-4-6-8-13(12)15/h11-13H,4-10,15H2,1-3H3. The number of amides is 1. The van der Waals surface area contributed by atoms with Crippen molar-refractivity contribution in [2.24, 2.45) is 11.7 Å². The third-order valence-electron chi connectivity index (χ3n) is 3.83. The summed E-state index contributed by atoms with van der Waals surface area (Å²) in [5.41, 5.74) is 6.17. The third-order valence-corrected chi connectivity index (χ3v) is 3.83. The molecule has 18 heavy (non-hydrogen) atoms. The maximum atomic E-state index is 12.6. The van der Waals surface area contributed by atoms with Crippen molar-refractivity contribution in [2.45, 2.75) is 58.0 Å². The molecule has 0 spiro atoms. The smallest absolute Gasteiger partial charge is 0.227 e. The lowest BCUT2D eigenvalue weighted by Gasteiger charge is -2.32. The first-order valence-electron chi connectivity index (χ1n) is 7.13. The van der Waals surface area contributed by atoms with Crippen molar-refractivity contribution in [2.75, 3.05) is 20.3 Å². The van der Waals surface area contributed by atoms with Gasteiger partial charge >= 0.3 is 0 Å². The number of nitrogens with two attached hydrogens (primary N) is 1. The van der Waals surface area contributed by atoms with Gasteiger partial charge in [0, 0.05) is 25.7 Å². The van der Waals surface area contributed by atoms with Gasteiger partial charge in [-0.05, 0) is 26.7 Å². The number of hydrogen-bond donors (Lipinski definition) is 1. The Morgan fingerprint density at radius 2 is 2.00 bits per heavy atom. The molecule has 0 radical (unpaired) electrons. The zero-order chi connectivity index (χ0) is 13.5. The number of nitrogens with zero attached hydrogens (tertiary/aromatic N) is 1. The second-order valence-electron chi connectivity index (χ2n) is 5.53. The Morgan fingerprint density at radius 3 is 2.61 bits per heavy atom. The van der Waals surface area contributed by atoms with Crippen molar-refractivity contribution < 1.29 is 9.53 Å². The highest BCUT2D eigenvalue weighted by Crippen LogP contribution is 2.24. The summed E-state index contributed by atoms with van der Waals surface area (Å²) in [7, 11) is 1.67. The van der Waals surface area contributed by atoms with Gasteiger partial charge in [0.1, 0.15) is 0 Å². The number of rotatable bonds is 5. The molecule has 0 aromatic carbocycles. The molecule has 2 atom stereocenters. The first kappa shape index (κ1) is 15.4. The highest BCUT2D eigenvalue weighted by atomic mass is 16.5. The predicted octanol–water partition coefficient (Wildman–Crippen LogP) is 1.78. The van der Waals surface area contributed by atoms with E-state index in [9.17, 15) is 4.79 Å². The molecule has 0 bridgehead atoms. The van der Waals surface area contributed by atoms with Gasteiger partial charge in [0.15, 0.2) is 0 Å². The lowest BCUT2D eigenvalue weighted by Crippen LogP contribution is -2.47. The first-order valence-corrected chi connectivity index (χ1v) is 7.13. The first-order chi connectivity index (χ1) is 8.57. The molecule has 0 saturated heterocycles. The van der Waals surface area contributed by atoms with Crippen LogP contribution in [0.2, 0.25) is 0 Å². The molecule has 1 aliphatic rings. The molecule has 4 nitrogen and oxygen atoms in total. The summed E-state index contributed by atoms with van der Waals surface area (Å²) in [6.45, 7) is 5.35. The fourth-order valence-corrected chi connectivity index (χ4v) is 2.67. The maximum absolute atomic E-state index is 12.6. The minimum atomic E-state index is 0.00626. The molecule has 0 heterocycles. The Morgan fingerprint density at radius 1 is 1.33 bits per heavy atom. The van der Waals surface area contributed by atoms with E-state index in [1.807, 2.05) is 4.90 Å². The van der Waals surface area contributed by atoms with Crippen molar-refractivity contribution >= 4 is 5.91 Å². The molecular weight excluding hydrogens is 228 g/mol. The number of methoxy groups -OCH3 is 1. The van der Waals surface area contributed by atoms with E-state index in [0.29, 0.717) is 13.2 Å². The van der Waals surface area contributed by atoms with Crippen LogP contribution < -0.4 is 5.73 Å². The topological polar surface area (TPSA) is 55.6 Å². The van der Waals surface area contributed by atoms with Crippen LogP contribution >= 0.6 is 0 Å². The zero-order valence-corrected chi connectivity index (χ0v) is 12.0. The van der Waals surface area contributed by atoms with Crippen LogP contribution in [0.5, 0.6) is 0 Å². The summed E-state index contributed by atoms with van der Waals surface area (Å²) in [6, 6.07) is 0.242.